The van der Waals surface area contributed by atoms with Crippen molar-refractivity contribution in [3.05, 3.63) is 23.9 Å². The molecular formula is C16H23N5O2. The van der Waals surface area contributed by atoms with Crippen LogP contribution in [0.5, 0.6) is 0 Å². The van der Waals surface area contributed by atoms with Crippen molar-refractivity contribution >= 4 is 17.6 Å². The van der Waals surface area contributed by atoms with Gasteiger partial charge in [-0.3, -0.25) is 9.59 Å². The van der Waals surface area contributed by atoms with Crippen molar-refractivity contribution in [2.24, 2.45) is 5.92 Å². The molecule has 0 saturated carbocycles. The highest BCUT2D eigenvalue weighted by Crippen LogP contribution is 2.10. The summed E-state index contributed by atoms with van der Waals surface area (Å²) >= 11 is 0. The van der Waals surface area contributed by atoms with Gasteiger partial charge in [-0.05, 0) is 24.5 Å². The fraction of sp³-hybridized carbons (Fsp3) is 0.500. The van der Waals surface area contributed by atoms with Gasteiger partial charge in [-0.2, -0.15) is 5.26 Å². The Morgan fingerprint density at radius 1 is 1.35 bits per heavy atom. The summed E-state index contributed by atoms with van der Waals surface area (Å²) in [5.41, 5.74) is 0.387. The summed E-state index contributed by atoms with van der Waals surface area (Å²) < 4.78 is 0. The Kier molecular flexibility index (Phi) is 7.00. The maximum atomic E-state index is 12.3. The Hall–Kier alpha value is -2.62. The van der Waals surface area contributed by atoms with E-state index < -0.39 is 6.04 Å². The molecule has 0 spiro atoms. The van der Waals surface area contributed by atoms with E-state index in [4.69, 9.17) is 5.26 Å². The van der Waals surface area contributed by atoms with Crippen LogP contribution in [-0.4, -0.2) is 43.5 Å². The van der Waals surface area contributed by atoms with Gasteiger partial charge >= 0.3 is 0 Å². The molecular weight excluding hydrogens is 294 g/mol. The molecule has 1 heterocycles. The number of pyridine rings is 1. The van der Waals surface area contributed by atoms with Gasteiger partial charge in [-0.1, -0.05) is 13.8 Å². The van der Waals surface area contributed by atoms with E-state index in [1.807, 2.05) is 38.9 Å². The predicted molar refractivity (Wildman–Crippen MR) is 87.9 cm³/mol. The quantitative estimate of drug-likeness (QED) is 0.729. The molecule has 2 amide bonds. The van der Waals surface area contributed by atoms with Gasteiger partial charge in [-0.15, -0.1) is 0 Å². The smallest absolute Gasteiger partial charge is 0.253 e. The molecule has 124 valence electrons. The first-order valence-corrected chi connectivity index (χ1v) is 7.44. The fourth-order valence-corrected chi connectivity index (χ4v) is 1.98. The molecule has 0 bridgehead atoms. The molecule has 7 nitrogen and oxygen atoms in total. The summed E-state index contributed by atoms with van der Waals surface area (Å²) in [6.45, 7) is 3.84. The normalized spacial score (nSPS) is 11.5. The van der Waals surface area contributed by atoms with E-state index >= 15 is 0 Å². The minimum Gasteiger partial charge on any atom is -0.363 e. The average molecular weight is 317 g/mol. The van der Waals surface area contributed by atoms with E-state index in [-0.39, 0.29) is 24.3 Å². The van der Waals surface area contributed by atoms with Crippen LogP contribution in [0.3, 0.4) is 0 Å². The number of nitrogens with one attached hydrogen (secondary N) is 2. The van der Waals surface area contributed by atoms with Gasteiger partial charge in [0.05, 0.1) is 11.6 Å². The topological polar surface area (TPSA) is 98.1 Å². The van der Waals surface area contributed by atoms with E-state index in [0.29, 0.717) is 12.0 Å². The Labute approximate surface area is 136 Å². The van der Waals surface area contributed by atoms with Crippen LogP contribution in [0.4, 0.5) is 5.82 Å². The third-order valence-electron chi connectivity index (χ3n) is 3.14. The molecule has 0 aromatic carbocycles. The molecule has 0 aliphatic heterocycles. The molecule has 0 saturated heterocycles. The number of hydrogen-bond acceptors (Lipinski definition) is 5. The molecule has 7 heteroatoms. The van der Waals surface area contributed by atoms with Crippen molar-refractivity contribution in [3.8, 4) is 6.07 Å². The summed E-state index contributed by atoms with van der Waals surface area (Å²) in [5.74, 6) is 0.251. The first kappa shape index (κ1) is 18.4. The SMILES string of the molecule is CC(C)CC(NC(=O)c1ccc(N(C)C)nc1)C(=O)NCC#N. The minimum absolute atomic E-state index is 0.0810. The van der Waals surface area contributed by atoms with Crippen LogP contribution >= 0.6 is 0 Å². The van der Waals surface area contributed by atoms with Crippen LogP contribution in [-0.2, 0) is 4.79 Å². The summed E-state index contributed by atoms with van der Waals surface area (Å²) in [5, 5.41) is 13.7. The molecule has 23 heavy (non-hydrogen) atoms. The third kappa shape index (κ3) is 5.94. The second kappa shape index (κ2) is 8.73. The molecule has 0 aliphatic carbocycles. The number of anilines is 1. The van der Waals surface area contributed by atoms with Gasteiger partial charge in [0.25, 0.3) is 5.91 Å². The Morgan fingerprint density at radius 2 is 2.04 bits per heavy atom. The van der Waals surface area contributed by atoms with Crippen molar-refractivity contribution in [1.29, 1.82) is 5.26 Å². The van der Waals surface area contributed by atoms with Crippen LogP contribution in [0, 0.1) is 17.2 Å². The van der Waals surface area contributed by atoms with E-state index in [1.165, 1.54) is 6.20 Å². The van der Waals surface area contributed by atoms with Gasteiger partial charge in [0.1, 0.15) is 18.4 Å². The second-order valence-corrected chi connectivity index (χ2v) is 5.83. The number of amides is 2. The molecule has 1 atom stereocenters. The maximum Gasteiger partial charge on any atom is 0.253 e. The lowest BCUT2D eigenvalue weighted by molar-refractivity contribution is -0.123. The number of nitrogens with zero attached hydrogens (tertiary/aromatic N) is 3. The highest BCUT2D eigenvalue weighted by molar-refractivity contribution is 5.97. The van der Waals surface area contributed by atoms with Gasteiger partial charge in [0, 0.05) is 20.3 Å². The average Bonchev–Trinajstić information content (AvgIpc) is 2.51. The van der Waals surface area contributed by atoms with Gasteiger partial charge in [0.15, 0.2) is 0 Å². The summed E-state index contributed by atoms with van der Waals surface area (Å²) in [7, 11) is 3.72. The lowest BCUT2D eigenvalue weighted by Crippen LogP contribution is -2.47. The number of carbonyl (C=O) groups is 2. The van der Waals surface area contributed by atoms with Crippen LogP contribution in [0.15, 0.2) is 18.3 Å². The van der Waals surface area contributed by atoms with Crippen molar-refractivity contribution in [2.45, 2.75) is 26.3 Å². The lowest BCUT2D eigenvalue weighted by Gasteiger charge is -2.19. The summed E-state index contributed by atoms with van der Waals surface area (Å²) in [6, 6.07) is 4.57. The molecule has 1 aromatic rings. The van der Waals surface area contributed by atoms with Gasteiger partial charge in [0.2, 0.25) is 5.91 Å². The monoisotopic (exact) mass is 317 g/mol. The van der Waals surface area contributed by atoms with E-state index in [1.54, 1.807) is 12.1 Å². The number of aromatic nitrogens is 1. The zero-order chi connectivity index (χ0) is 17.4. The first-order chi connectivity index (χ1) is 10.8. The highest BCUT2D eigenvalue weighted by atomic mass is 16.2. The summed E-state index contributed by atoms with van der Waals surface area (Å²) in [6.07, 6.45) is 1.97. The molecule has 1 rings (SSSR count). The minimum atomic E-state index is -0.677. The van der Waals surface area contributed by atoms with E-state index in [2.05, 4.69) is 15.6 Å². The van der Waals surface area contributed by atoms with Crippen LogP contribution < -0.4 is 15.5 Å². The van der Waals surface area contributed by atoms with Crippen molar-refractivity contribution in [2.75, 3.05) is 25.5 Å². The Morgan fingerprint density at radius 3 is 2.52 bits per heavy atom. The molecule has 1 unspecified atom stereocenters. The third-order valence-corrected chi connectivity index (χ3v) is 3.14. The molecule has 0 fully saturated rings. The lowest BCUT2D eigenvalue weighted by atomic mass is 10.0. The van der Waals surface area contributed by atoms with Gasteiger partial charge in [-0.25, -0.2) is 4.98 Å². The molecule has 1 aromatic heterocycles. The van der Waals surface area contributed by atoms with E-state index in [0.717, 1.165) is 5.82 Å². The maximum absolute atomic E-state index is 12.3. The van der Waals surface area contributed by atoms with E-state index in [9.17, 15) is 9.59 Å². The molecule has 0 aliphatic rings. The molecule has 0 radical (unpaired) electrons. The summed E-state index contributed by atoms with van der Waals surface area (Å²) in [4.78, 5) is 30.4. The van der Waals surface area contributed by atoms with Crippen molar-refractivity contribution < 1.29 is 9.59 Å². The Balaban J connectivity index is 2.79. The highest BCUT2D eigenvalue weighted by Gasteiger charge is 2.22. The largest absolute Gasteiger partial charge is 0.363 e. The standard InChI is InChI=1S/C16H23N5O2/c1-11(2)9-13(16(23)18-8-7-17)20-15(22)12-5-6-14(19-10-12)21(3)4/h5-6,10-11,13H,8-9H2,1-4H3,(H,18,23)(H,20,22). The fourth-order valence-electron chi connectivity index (χ4n) is 1.98. The van der Waals surface area contributed by atoms with Crippen LogP contribution in [0.25, 0.3) is 0 Å². The second-order valence-electron chi connectivity index (χ2n) is 5.83. The zero-order valence-electron chi connectivity index (χ0n) is 14.0. The van der Waals surface area contributed by atoms with Crippen LogP contribution in [0.1, 0.15) is 30.6 Å². The molecule has 2 N–H and O–H groups in total. The first-order valence-electron chi connectivity index (χ1n) is 7.44. The van der Waals surface area contributed by atoms with Crippen molar-refractivity contribution in [1.82, 2.24) is 15.6 Å². The van der Waals surface area contributed by atoms with Crippen molar-refractivity contribution in [3.63, 3.8) is 0 Å². The number of hydrogen-bond donors (Lipinski definition) is 2. The van der Waals surface area contributed by atoms with Gasteiger partial charge < -0.3 is 15.5 Å². The zero-order valence-corrected chi connectivity index (χ0v) is 14.0. The number of rotatable bonds is 7. The number of nitriles is 1. The number of carbonyl (C=O) groups excluding carboxylic acids is 2. The predicted octanol–water partition coefficient (Wildman–Crippen LogP) is 0.932. The Bertz CT molecular complexity index is 575. The van der Waals surface area contributed by atoms with Crippen LogP contribution in [0.2, 0.25) is 0 Å².